The summed E-state index contributed by atoms with van der Waals surface area (Å²) in [5.41, 5.74) is 6.37. The average molecular weight is 353 g/mol. The van der Waals surface area contributed by atoms with E-state index in [0.717, 1.165) is 29.5 Å². The van der Waals surface area contributed by atoms with Crippen molar-refractivity contribution in [2.45, 2.75) is 25.3 Å². The molecule has 1 aromatic rings. The second-order valence-corrected chi connectivity index (χ2v) is 4.83. The number of alkyl halides is 1. The molecule has 0 heterocycles. The highest BCUT2D eigenvalue weighted by atomic mass is 79.9. The minimum atomic E-state index is -0.981. The van der Waals surface area contributed by atoms with Gasteiger partial charge in [-0.05, 0) is 37.0 Å². The quantitative estimate of drug-likeness (QED) is 0.557. The molecule has 0 aromatic heterocycles. The number of ether oxygens (including phenoxy) is 1. The molecule has 0 aliphatic heterocycles. The standard InChI is InChI=1S/C13H18BrNO3.ClH/c14-7-1-2-8-18-11-5-3-10(4-6-11)9-12(15)13(16)17;/h3-6,12H,1-2,7-9,15H2,(H,16,17);1H. The van der Waals surface area contributed by atoms with Gasteiger partial charge in [-0.3, -0.25) is 4.79 Å². The van der Waals surface area contributed by atoms with E-state index in [4.69, 9.17) is 15.6 Å². The van der Waals surface area contributed by atoms with Crippen LogP contribution in [0.5, 0.6) is 5.75 Å². The van der Waals surface area contributed by atoms with Gasteiger partial charge in [0.05, 0.1) is 6.61 Å². The van der Waals surface area contributed by atoms with Crippen molar-refractivity contribution in [1.29, 1.82) is 0 Å². The minimum Gasteiger partial charge on any atom is -0.494 e. The number of hydrogen-bond donors (Lipinski definition) is 2. The van der Waals surface area contributed by atoms with Crippen LogP contribution in [-0.4, -0.2) is 29.1 Å². The molecular formula is C13H19BrClNO3. The molecular weight excluding hydrogens is 334 g/mol. The van der Waals surface area contributed by atoms with Gasteiger partial charge in [0.25, 0.3) is 0 Å². The molecule has 1 atom stereocenters. The number of hydrogen-bond acceptors (Lipinski definition) is 3. The summed E-state index contributed by atoms with van der Waals surface area (Å²) in [6.07, 6.45) is 2.43. The minimum absolute atomic E-state index is 0. The fourth-order valence-corrected chi connectivity index (χ4v) is 1.85. The molecule has 3 N–H and O–H groups in total. The number of carboxylic acid groups (broad SMARTS) is 1. The number of rotatable bonds is 8. The fourth-order valence-electron chi connectivity index (χ4n) is 1.45. The molecule has 1 aromatic carbocycles. The van der Waals surface area contributed by atoms with Gasteiger partial charge < -0.3 is 15.6 Å². The number of unbranched alkanes of at least 4 members (excludes halogenated alkanes) is 1. The summed E-state index contributed by atoms with van der Waals surface area (Å²) >= 11 is 3.36. The lowest BCUT2D eigenvalue weighted by Crippen LogP contribution is -2.32. The Morgan fingerprint density at radius 2 is 1.95 bits per heavy atom. The van der Waals surface area contributed by atoms with E-state index in [1.165, 1.54) is 0 Å². The van der Waals surface area contributed by atoms with Crippen molar-refractivity contribution in [3.05, 3.63) is 29.8 Å². The van der Waals surface area contributed by atoms with Crippen LogP contribution in [0.3, 0.4) is 0 Å². The first-order valence-corrected chi connectivity index (χ1v) is 7.01. The van der Waals surface area contributed by atoms with E-state index >= 15 is 0 Å². The van der Waals surface area contributed by atoms with Crippen LogP contribution < -0.4 is 10.5 Å². The zero-order valence-corrected chi connectivity index (χ0v) is 13.0. The van der Waals surface area contributed by atoms with Crippen LogP contribution in [0, 0.1) is 0 Å². The molecule has 4 nitrogen and oxygen atoms in total. The molecule has 0 bridgehead atoms. The molecule has 0 aliphatic carbocycles. The van der Waals surface area contributed by atoms with Gasteiger partial charge in [0.1, 0.15) is 11.8 Å². The van der Waals surface area contributed by atoms with Crippen LogP contribution in [0.15, 0.2) is 24.3 Å². The Kier molecular flexibility index (Phi) is 9.65. The molecule has 19 heavy (non-hydrogen) atoms. The number of nitrogens with two attached hydrogens (primary N) is 1. The van der Waals surface area contributed by atoms with E-state index in [1.807, 2.05) is 24.3 Å². The third-order valence-electron chi connectivity index (χ3n) is 2.49. The third-order valence-corrected chi connectivity index (χ3v) is 3.05. The number of aliphatic carboxylic acids is 1. The zero-order chi connectivity index (χ0) is 13.4. The smallest absolute Gasteiger partial charge is 0.320 e. The summed E-state index contributed by atoms with van der Waals surface area (Å²) < 4.78 is 5.55. The molecule has 0 fully saturated rings. The maximum Gasteiger partial charge on any atom is 0.320 e. The molecule has 0 saturated carbocycles. The van der Waals surface area contributed by atoms with Gasteiger partial charge >= 0.3 is 5.97 Å². The first-order valence-electron chi connectivity index (χ1n) is 5.89. The van der Waals surface area contributed by atoms with Crippen molar-refractivity contribution in [3.63, 3.8) is 0 Å². The summed E-state index contributed by atoms with van der Waals surface area (Å²) in [4.78, 5) is 10.6. The predicted octanol–water partition coefficient (Wildman–Crippen LogP) is 2.62. The monoisotopic (exact) mass is 351 g/mol. The van der Waals surface area contributed by atoms with E-state index in [1.54, 1.807) is 0 Å². The Hall–Kier alpha value is -0.780. The maximum absolute atomic E-state index is 10.6. The lowest BCUT2D eigenvalue weighted by molar-refractivity contribution is -0.138. The lowest BCUT2D eigenvalue weighted by Gasteiger charge is -2.08. The topological polar surface area (TPSA) is 72.5 Å². The highest BCUT2D eigenvalue weighted by molar-refractivity contribution is 9.09. The third kappa shape index (κ3) is 7.40. The van der Waals surface area contributed by atoms with Crippen molar-refractivity contribution in [3.8, 4) is 5.75 Å². The molecule has 0 amide bonds. The Morgan fingerprint density at radius 1 is 1.32 bits per heavy atom. The Labute approximate surface area is 127 Å². The lowest BCUT2D eigenvalue weighted by atomic mass is 10.1. The number of carboxylic acids is 1. The first-order chi connectivity index (χ1) is 8.63. The largest absolute Gasteiger partial charge is 0.494 e. The van der Waals surface area contributed by atoms with Crippen LogP contribution >= 0.6 is 28.3 Å². The second kappa shape index (κ2) is 10.1. The Balaban J connectivity index is 0.00000324. The number of carbonyl (C=O) groups is 1. The van der Waals surface area contributed by atoms with Gasteiger partial charge in [0, 0.05) is 5.33 Å². The maximum atomic E-state index is 10.6. The van der Waals surface area contributed by atoms with E-state index in [0.29, 0.717) is 13.0 Å². The second-order valence-electron chi connectivity index (χ2n) is 4.04. The van der Waals surface area contributed by atoms with Crippen molar-refractivity contribution in [2.75, 3.05) is 11.9 Å². The van der Waals surface area contributed by atoms with Gasteiger partial charge in [-0.15, -0.1) is 12.4 Å². The summed E-state index contributed by atoms with van der Waals surface area (Å²) in [5, 5.41) is 9.70. The van der Waals surface area contributed by atoms with Gasteiger partial charge in [0.15, 0.2) is 0 Å². The predicted molar refractivity (Wildman–Crippen MR) is 81.5 cm³/mol. The van der Waals surface area contributed by atoms with E-state index < -0.39 is 12.0 Å². The molecule has 0 spiro atoms. The van der Waals surface area contributed by atoms with Gasteiger partial charge in [-0.2, -0.15) is 0 Å². The van der Waals surface area contributed by atoms with Crippen LogP contribution in [0.4, 0.5) is 0 Å². The molecule has 1 unspecified atom stereocenters. The summed E-state index contributed by atoms with van der Waals surface area (Å²) in [7, 11) is 0. The number of halogens is 2. The van der Waals surface area contributed by atoms with Crippen molar-refractivity contribution < 1.29 is 14.6 Å². The molecule has 1 rings (SSSR count). The Bertz CT molecular complexity index is 373. The van der Waals surface area contributed by atoms with E-state index in [9.17, 15) is 4.79 Å². The molecule has 0 saturated heterocycles. The van der Waals surface area contributed by atoms with Crippen LogP contribution in [0.2, 0.25) is 0 Å². The molecule has 108 valence electrons. The molecule has 0 radical (unpaired) electrons. The average Bonchev–Trinajstić information content (AvgIpc) is 2.36. The molecule has 6 heteroatoms. The summed E-state index contributed by atoms with van der Waals surface area (Å²) in [6, 6.07) is 6.54. The fraction of sp³-hybridized carbons (Fsp3) is 0.462. The molecule has 0 aliphatic rings. The van der Waals surface area contributed by atoms with Gasteiger partial charge in [-0.1, -0.05) is 28.1 Å². The van der Waals surface area contributed by atoms with E-state index in [-0.39, 0.29) is 12.4 Å². The highest BCUT2D eigenvalue weighted by Crippen LogP contribution is 2.13. The SMILES string of the molecule is Cl.NC(Cc1ccc(OCCCCBr)cc1)C(=O)O. The normalized spacial score (nSPS) is 11.5. The van der Waals surface area contributed by atoms with Gasteiger partial charge in [-0.25, -0.2) is 0 Å². The van der Waals surface area contributed by atoms with Crippen LogP contribution in [0.1, 0.15) is 18.4 Å². The first kappa shape index (κ1) is 18.2. The van der Waals surface area contributed by atoms with Crippen LogP contribution in [-0.2, 0) is 11.2 Å². The van der Waals surface area contributed by atoms with Crippen molar-refractivity contribution >= 4 is 34.3 Å². The summed E-state index contributed by atoms with van der Waals surface area (Å²) in [6.45, 7) is 0.694. The number of benzene rings is 1. The van der Waals surface area contributed by atoms with Crippen molar-refractivity contribution in [1.82, 2.24) is 0 Å². The summed E-state index contributed by atoms with van der Waals surface area (Å²) in [5.74, 6) is -0.178. The Morgan fingerprint density at radius 3 is 2.47 bits per heavy atom. The highest BCUT2D eigenvalue weighted by Gasteiger charge is 2.11. The van der Waals surface area contributed by atoms with E-state index in [2.05, 4.69) is 15.9 Å². The van der Waals surface area contributed by atoms with Crippen molar-refractivity contribution in [2.24, 2.45) is 5.73 Å². The van der Waals surface area contributed by atoms with Crippen LogP contribution in [0.25, 0.3) is 0 Å². The zero-order valence-electron chi connectivity index (χ0n) is 10.5. The van der Waals surface area contributed by atoms with Gasteiger partial charge in [0.2, 0.25) is 0 Å².